The molecule has 1 aromatic carbocycles. The average Bonchev–Trinajstić information content (AvgIpc) is 2.66. The Bertz CT molecular complexity index is 613. The fraction of sp³-hybridized carbons (Fsp3) is 0.167. The third kappa shape index (κ3) is 2.78. The summed E-state index contributed by atoms with van der Waals surface area (Å²) in [6.45, 7) is 0.00412. The van der Waals surface area contributed by atoms with Crippen molar-refractivity contribution in [2.45, 2.75) is 13.0 Å². The van der Waals surface area contributed by atoms with Crippen LogP contribution in [0.25, 0.3) is 0 Å². The lowest BCUT2D eigenvalue weighted by Crippen LogP contribution is -2.03. The van der Waals surface area contributed by atoms with E-state index in [4.69, 9.17) is 11.6 Å². The van der Waals surface area contributed by atoms with Crippen molar-refractivity contribution >= 4 is 17.9 Å². The summed E-state index contributed by atoms with van der Waals surface area (Å²) < 4.78 is 39.4. The van der Waals surface area contributed by atoms with Crippen molar-refractivity contribution in [3.05, 3.63) is 52.1 Å². The Kier molecular flexibility index (Phi) is 3.90. The van der Waals surface area contributed by atoms with Crippen LogP contribution in [0, 0.1) is 5.82 Å². The molecule has 7 heteroatoms. The number of carbonyl (C=O) groups is 1. The van der Waals surface area contributed by atoms with Crippen LogP contribution in [0.3, 0.4) is 0 Å². The summed E-state index contributed by atoms with van der Waals surface area (Å²) in [5.41, 5.74) is -0.507. The summed E-state index contributed by atoms with van der Waals surface area (Å²) in [6.07, 6.45) is -2.66. The fourth-order valence-corrected chi connectivity index (χ4v) is 1.89. The Morgan fingerprint density at radius 2 is 2.16 bits per heavy atom. The van der Waals surface area contributed by atoms with E-state index in [0.29, 0.717) is 5.56 Å². The summed E-state index contributed by atoms with van der Waals surface area (Å²) in [5, 5.41) is 3.40. The van der Waals surface area contributed by atoms with E-state index < -0.39 is 17.9 Å². The van der Waals surface area contributed by atoms with E-state index in [9.17, 15) is 18.0 Å². The molecule has 19 heavy (non-hydrogen) atoms. The Morgan fingerprint density at radius 1 is 1.42 bits per heavy atom. The number of alkyl halides is 2. The lowest BCUT2D eigenvalue weighted by molar-refractivity contribution is 0.110. The van der Waals surface area contributed by atoms with Crippen molar-refractivity contribution in [2.75, 3.05) is 0 Å². The first-order chi connectivity index (χ1) is 9.02. The molecule has 0 saturated carbocycles. The second-order valence-corrected chi connectivity index (χ2v) is 4.15. The minimum atomic E-state index is -2.90. The third-order valence-electron chi connectivity index (χ3n) is 2.50. The zero-order chi connectivity index (χ0) is 14.0. The molecule has 1 aromatic heterocycles. The molecule has 0 N–H and O–H groups in total. The van der Waals surface area contributed by atoms with Crippen molar-refractivity contribution in [2.24, 2.45) is 0 Å². The number of nitrogens with zero attached hydrogens (tertiary/aromatic N) is 2. The Balaban J connectivity index is 2.38. The molecule has 0 spiro atoms. The van der Waals surface area contributed by atoms with Crippen molar-refractivity contribution in [3.63, 3.8) is 0 Å². The van der Waals surface area contributed by atoms with E-state index >= 15 is 0 Å². The molecule has 100 valence electrons. The van der Waals surface area contributed by atoms with Crippen molar-refractivity contribution in [1.82, 2.24) is 9.78 Å². The number of aldehydes is 1. The molecule has 0 fully saturated rings. The Morgan fingerprint density at radius 3 is 2.68 bits per heavy atom. The van der Waals surface area contributed by atoms with Crippen LogP contribution in [-0.4, -0.2) is 16.1 Å². The first-order valence-electron chi connectivity index (χ1n) is 5.27. The molecule has 0 amide bonds. The Hall–Kier alpha value is -1.82. The van der Waals surface area contributed by atoms with Gasteiger partial charge in [0.25, 0.3) is 6.43 Å². The minimum Gasteiger partial charge on any atom is -0.298 e. The van der Waals surface area contributed by atoms with Gasteiger partial charge in [-0.3, -0.25) is 4.79 Å². The molecule has 0 aliphatic heterocycles. The predicted molar refractivity (Wildman–Crippen MR) is 63.1 cm³/mol. The highest BCUT2D eigenvalue weighted by Crippen LogP contribution is 2.27. The van der Waals surface area contributed by atoms with Gasteiger partial charge in [-0.05, 0) is 17.7 Å². The molecule has 0 atom stereocenters. The van der Waals surface area contributed by atoms with Crippen molar-refractivity contribution < 1.29 is 18.0 Å². The van der Waals surface area contributed by atoms with Gasteiger partial charge < -0.3 is 0 Å². The van der Waals surface area contributed by atoms with E-state index in [1.54, 1.807) is 6.07 Å². The van der Waals surface area contributed by atoms with E-state index in [1.165, 1.54) is 18.2 Å². The maximum atomic E-state index is 13.0. The van der Waals surface area contributed by atoms with Gasteiger partial charge in [-0.15, -0.1) is 0 Å². The van der Waals surface area contributed by atoms with Crippen LogP contribution in [0.15, 0.2) is 24.3 Å². The quantitative estimate of drug-likeness (QED) is 0.807. The lowest BCUT2D eigenvalue weighted by atomic mass is 10.2. The van der Waals surface area contributed by atoms with Gasteiger partial charge in [-0.1, -0.05) is 23.7 Å². The average molecular weight is 289 g/mol. The molecule has 0 saturated heterocycles. The molecule has 0 aliphatic carbocycles. The van der Waals surface area contributed by atoms with Gasteiger partial charge in [-0.2, -0.15) is 5.10 Å². The van der Waals surface area contributed by atoms with Crippen LogP contribution in [0.1, 0.15) is 28.0 Å². The zero-order valence-corrected chi connectivity index (χ0v) is 10.2. The van der Waals surface area contributed by atoms with Crippen LogP contribution >= 0.6 is 11.6 Å². The second-order valence-electron chi connectivity index (χ2n) is 3.80. The highest BCUT2D eigenvalue weighted by molar-refractivity contribution is 6.32. The summed E-state index contributed by atoms with van der Waals surface area (Å²) in [7, 11) is 0. The fourth-order valence-electron chi connectivity index (χ4n) is 1.66. The van der Waals surface area contributed by atoms with E-state index in [2.05, 4.69) is 5.10 Å². The van der Waals surface area contributed by atoms with E-state index in [1.807, 2.05) is 0 Å². The van der Waals surface area contributed by atoms with Gasteiger partial charge in [0.1, 0.15) is 16.7 Å². The first-order valence-corrected chi connectivity index (χ1v) is 5.64. The number of hydrogen-bond acceptors (Lipinski definition) is 2. The SMILES string of the molecule is O=Cc1c(C(F)F)nn(Cc2cccc(F)c2)c1Cl. The van der Waals surface area contributed by atoms with Crippen LogP contribution in [0.4, 0.5) is 13.2 Å². The van der Waals surface area contributed by atoms with E-state index in [-0.39, 0.29) is 23.5 Å². The predicted octanol–water partition coefficient (Wildman–Crippen LogP) is 3.47. The van der Waals surface area contributed by atoms with Crippen LogP contribution < -0.4 is 0 Å². The maximum Gasteiger partial charge on any atom is 0.282 e. The molecular formula is C12H8ClF3N2O. The topological polar surface area (TPSA) is 34.9 Å². The van der Waals surface area contributed by atoms with Gasteiger partial charge in [-0.25, -0.2) is 17.9 Å². The number of aromatic nitrogens is 2. The molecular weight excluding hydrogens is 281 g/mol. The zero-order valence-electron chi connectivity index (χ0n) is 9.49. The van der Waals surface area contributed by atoms with Crippen molar-refractivity contribution in [1.29, 1.82) is 0 Å². The largest absolute Gasteiger partial charge is 0.298 e. The van der Waals surface area contributed by atoms with Crippen LogP contribution in [0.5, 0.6) is 0 Å². The summed E-state index contributed by atoms with van der Waals surface area (Å²) in [4.78, 5) is 10.7. The number of rotatable bonds is 4. The number of carbonyl (C=O) groups excluding carboxylic acids is 1. The molecule has 0 unspecified atom stereocenters. The maximum absolute atomic E-state index is 13.0. The number of hydrogen-bond donors (Lipinski definition) is 0. The van der Waals surface area contributed by atoms with Crippen molar-refractivity contribution in [3.8, 4) is 0 Å². The van der Waals surface area contributed by atoms with Crippen LogP contribution in [0.2, 0.25) is 5.15 Å². The lowest BCUT2D eigenvalue weighted by Gasteiger charge is -2.03. The first kappa shape index (κ1) is 13.6. The van der Waals surface area contributed by atoms with Gasteiger partial charge in [0.05, 0.1) is 12.1 Å². The standard InChI is InChI=1S/C12H8ClF3N2O/c13-11-9(6-19)10(12(15)16)17-18(11)5-7-2-1-3-8(14)4-7/h1-4,6,12H,5H2. The number of benzene rings is 1. The monoisotopic (exact) mass is 288 g/mol. The highest BCUT2D eigenvalue weighted by atomic mass is 35.5. The number of halogens is 4. The molecule has 0 radical (unpaired) electrons. The Labute approximate surface area is 111 Å². The minimum absolute atomic E-state index is 0.00412. The second kappa shape index (κ2) is 5.44. The van der Waals surface area contributed by atoms with E-state index in [0.717, 1.165) is 4.68 Å². The van der Waals surface area contributed by atoms with Gasteiger partial charge in [0.2, 0.25) is 0 Å². The smallest absolute Gasteiger partial charge is 0.282 e. The molecule has 2 aromatic rings. The highest BCUT2D eigenvalue weighted by Gasteiger charge is 2.22. The summed E-state index contributed by atoms with van der Waals surface area (Å²) >= 11 is 5.81. The molecule has 2 rings (SSSR count). The molecule has 3 nitrogen and oxygen atoms in total. The molecule has 0 bridgehead atoms. The van der Waals surface area contributed by atoms with Crippen LogP contribution in [-0.2, 0) is 6.54 Å². The summed E-state index contributed by atoms with van der Waals surface area (Å²) in [6, 6.07) is 5.58. The molecule has 0 aliphatic rings. The van der Waals surface area contributed by atoms with Gasteiger partial charge in [0, 0.05) is 0 Å². The summed E-state index contributed by atoms with van der Waals surface area (Å²) in [5.74, 6) is -0.453. The van der Waals surface area contributed by atoms with Gasteiger partial charge in [0.15, 0.2) is 6.29 Å². The van der Waals surface area contributed by atoms with Gasteiger partial charge >= 0.3 is 0 Å². The normalized spacial score (nSPS) is 11.0. The third-order valence-corrected chi connectivity index (χ3v) is 2.90. The molecule has 1 heterocycles.